The zero-order valence-corrected chi connectivity index (χ0v) is 10.8. The lowest BCUT2D eigenvalue weighted by Gasteiger charge is -2.00. The molecule has 3 aromatic carbocycles. The molecular weight excluding hydrogens is 246 g/mol. The van der Waals surface area contributed by atoms with Crippen molar-refractivity contribution in [3.8, 4) is 11.5 Å². The van der Waals surface area contributed by atoms with Crippen molar-refractivity contribution in [2.24, 2.45) is 0 Å². The lowest BCUT2D eigenvalue weighted by atomic mass is 10.0. The molecule has 4 aromatic rings. The third-order valence-electron chi connectivity index (χ3n) is 4.17. The van der Waals surface area contributed by atoms with Crippen LogP contribution in [0.4, 0.5) is 0 Å². The van der Waals surface area contributed by atoms with E-state index in [-0.39, 0.29) is 0 Å². The van der Waals surface area contributed by atoms with E-state index in [1.807, 2.05) is 12.1 Å². The summed E-state index contributed by atoms with van der Waals surface area (Å²) >= 11 is 0. The molecule has 1 aromatic heterocycles. The standard InChI is InChI=1S/C18H12NO/c1-2-6-14-12(5-1)9-10-13-11-19-15-7-3-4-8-16(15)20-18(19)17(13)14/h1-10H,11H2/q+1. The highest BCUT2D eigenvalue weighted by molar-refractivity contribution is 5.97. The quantitative estimate of drug-likeness (QED) is 0.385. The number of para-hydroxylation sites is 2. The maximum atomic E-state index is 6.11. The number of nitrogens with zero attached hydrogens (tertiary/aromatic N) is 1. The third-order valence-corrected chi connectivity index (χ3v) is 4.17. The predicted molar refractivity (Wildman–Crippen MR) is 78.5 cm³/mol. The highest BCUT2D eigenvalue weighted by Gasteiger charge is 2.34. The smallest absolute Gasteiger partial charge is 0.383 e. The van der Waals surface area contributed by atoms with Crippen LogP contribution < -0.4 is 4.57 Å². The number of oxazole rings is 1. The molecule has 94 valence electrons. The van der Waals surface area contributed by atoms with Crippen molar-refractivity contribution < 1.29 is 8.98 Å². The topological polar surface area (TPSA) is 17.0 Å². The van der Waals surface area contributed by atoms with Crippen LogP contribution in [0, 0.1) is 0 Å². The van der Waals surface area contributed by atoms with E-state index in [9.17, 15) is 0 Å². The summed E-state index contributed by atoms with van der Waals surface area (Å²) < 4.78 is 8.38. The normalized spacial score (nSPS) is 12.8. The Hall–Kier alpha value is -2.61. The maximum Gasteiger partial charge on any atom is 0.383 e. The van der Waals surface area contributed by atoms with E-state index in [1.165, 1.54) is 27.4 Å². The van der Waals surface area contributed by atoms with Gasteiger partial charge in [-0.15, -0.1) is 0 Å². The van der Waals surface area contributed by atoms with E-state index in [0.29, 0.717) is 0 Å². The van der Waals surface area contributed by atoms with E-state index in [1.54, 1.807) is 0 Å². The van der Waals surface area contributed by atoms with Gasteiger partial charge in [0.05, 0.1) is 0 Å². The average Bonchev–Trinajstić information content (AvgIpc) is 3.03. The summed E-state index contributed by atoms with van der Waals surface area (Å²) in [6.07, 6.45) is 0. The molecule has 0 unspecified atom stereocenters. The highest BCUT2D eigenvalue weighted by atomic mass is 16.4. The summed E-state index contributed by atoms with van der Waals surface area (Å²) in [5.74, 6) is 0.984. The fraction of sp³-hybridized carbons (Fsp3) is 0.0556. The Morgan fingerprint density at radius 3 is 2.70 bits per heavy atom. The van der Waals surface area contributed by atoms with Gasteiger partial charge in [0.25, 0.3) is 5.52 Å². The first-order valence-corrected chi connectivity index (χ1v) is 6.84. The van der Waals surface area contributed by atoms with Gasteiger partial charge in [0.2, 0.25) is 5.58 Å². The van der Waals surface area contributed by atoms with Crippen molar-refractivity contribution in [1.82, 2.24) is 0 Å². The Kier molecular flexibility index (Phi) is 1.78. The van der Waals surface area contributed by atoms with Crippen molar-refractivity contribution >= 4 is 21.9 Å². The zero-order valence-electron chi connectivity index (χ0n) is 10.8. The number of rotatable bonds is 0. The lowest BCUT2D eigenvalue weighted by molar-refractivity contribution is -0.649. The van der Waals surface area contributed by atoms with Gasteiger partial charge >= 0.3 is 5.89 Å². The number of aromatic nitrogens is 1. The predicted octanol–water partition coefficient (Wildman–Crippen LogP) is 3.90. The maximum absolute atomic E-state index is 6.11. The monoisotopic (exact) mass is 258 g/mol. The molecule has 0 aliphatic carbocycles. The Morgan fingerprint density at radius 1 is 0.850 bits per heavy atom. The van der Waals surface area contributed by atoms with Gasteiger partial charge < -0.3 is 4.42 Å². The van der Waals surface area contributed by atoms with Gasteiger partial charge in [0.15, 0.2) is 6.54 Å². The van der Waals surface area contributed by atoms with Crippen LogP contribution in [-0.4, -0.2) is 0 Å². The van der Waals surface area contributed by atoms with Crippen LogP contribution in [0.3, 0.4) is 0 Å². The van der Waals surface area contributed by atoms with Gasteiger partial charge in [-0.2, -0.15) is 4.57 Å². The summed E-state index contributed by atoms with van der Waals surface area (Å²) in [7, 11) is 0. The molecule has 2 heterocycles. The molecule has 0 N–H and O–H groups in total. The summed E-state index contributed by atoms with van der Waals surface area (Å²) in [6, 6.07) is 21.2. The molecule has 0 saturated carbocycles. The molecule has 0 atom stereocenters. The van der Waals surface area contributed by atoms with Gasteiger partial charge in [0.1, 0.15) is 5.56 Å². The van der Waals surface area contributed by atoms with E-state index < -0.39 is 0 Å². The number of benzene rings is 3. The van der Waals surface area contributed by atoms with Crippen LogP contribution >= 0.6 is 0 Å². The number of fused-ring (bicyclic) bond motifs is 7. The van der Waals surface area contributed by atoms with E-state index in [0.717, 1.165) is 18.0 Å². The molecular formula is C18H12NO+. The third kappa shape index (κ3) is 1.16. The first kappa shape index (κ1) is 10.2. The molecule has 0 radical (unpaired) electrons. The molecule has 1 aliphatic rings. The molecule has 0 amide bonds. The number of hydrogen-bond donors (Lipinski definition) is 0. The summed E-state index contributed by atoms with van der Waals surface area (Å²) in [6.45, 7) is 0.895. The zero-order chi connectivity index (χ0) is 13.1. The van der Waals surface area contributed by atoms with Crippen molar-refractivity contribution in [1.29, 1.82) is 0 Å². The second-order valence-electron chi connectivity index (χ2n) is 5.28. The van der Waals surface area contributed by atoms with Gasteiger partial charge in [-0.3, -0.25) is 0 Å². The summed E-state index contributed by atoms with van der Waals surface area (Å²) in [5.41, 5.74) is 4.72. The van der Waals surface area contributed by atoms with Gasteiger partial charge in [-0.1, -0.05) is 48.5 Å². The van der Waals surface area contributed by atoms with Gasteiger partial charge in [0, 0.05) is 11.6 Å². The fourth-order valence-electron chi connectivity index (χ4n) is 3.25. The molecule has 5 rings (SSSR count). The summed E-state index contributed by atoms with van der Waals surface area (Å²) in [5, 5.41) is 2.54. The van der Waals surface area contributed by atoms with Gasteiger partial charge in [-0.25, -0.2) is 0 Å². The van der Waals surface area contributed by atoms with Crippen molar-refractivity contribution in [2.45, 2.75) is 6.54 Å². The highest BCUT2D eigenvalue weighted by Crippen LogP contribution is 2.36. The van der Waals surface area contributed by atoms with E-state index in [4.69, 9.17) is 4.42 Å². The van der Waals surface area contributed by atoms with Crippen molar-refractivity contribution in [3.63, 3.8) is 0 Å². The minimum atomic E-state index is 0.895. The number of hydrogen-bond acceptors (Lipinski definition) is 1. The van der Waals surface area contributed by atoms with Gasteiger partial charge in [-0.05, 0) is 16.8 Å². The lowest BCUT2D eigenvalue weighted by Crippen LogP contribution is -2.30. The first-order chi connectivity index (χ1) is 9.92. The Labute approximate surface area is 115 Å². The van der Waals surface area contributed by atoms with Crippen LogP contribution in [0.1, 0.15) is 5.56 Å². The fourth-order valence-corrected chi connectivity index (χ4v) is 3.25. The van der Waals surface area contributed by atoms with Crippen LogP contribution in [-0.2, 0) is 6.54 Å². The average molecular weight is 258 g/mol. The molecule has 0 fully saturated rings. The first-order valence-electron chi connectivity index (χ1n) is 6.84. The second-order valence-corrected chi connectivity index (χ2v) is 5.28. The summed E-state index contributed by atoms with van der Waals surface area (Å²) in [4.78, 5) is 0. The van der Waals surface area contributed by atoms with Crippen LogP contribution in [0.15, 0.2) is 65.1 Å². The van der Waals surface area contributed by atoms with E-state index in [2.05, 4.69) is 53.1 Å². The SMILES string of the molecule is c1ccc2c3c(ccc2c1)C[n+]1c-3oc2ccccc21. The molecule has 0 bridgehead atoms. The minimum absolute atomic E-state index is 0.895. The molecule has 20 heavy (non-hydrogen) atoms. The van der Waals surface area contributed by atoms with Crippen molar-refractivity contribution in [2.75, 3.05) is 0 Å². The molecule has 2 nitrogen and oxygen atoms in total. The van der Waals surface area contributed by atoms with Crippen molar-refractivity contribution in [3.05, 3.63) is 66.2 Å². The Bertz CT molecular complexity index is 981. The van der Waals surface area contributed by atoms with Crippen LogP contribution in [0.2, 0.25) is 0 Å². The second kappa shape index (κ2) is 3.48. The Morgan fingerprint density at radius 2 is 1.70 bits per heavy atom. The molecule has 0 saturated heterocycles. The largest absolute Gasteiger partial charge is 0.398 e. The van der Waals surface area contributed by atoms with E-state index >= 15 is 0 Å². The minimum Gasteiger partial charge on any atom is -0.398 e. The Balaban J connectivity index is 1.95. The molecule has 1 aliphatic heterocycles. The van der Waals surface area contributed by atoms with Crippen LogP contribution in [0.25, 0.3) is 33.3 Å². The van der Waals surface area contributed by atoms with Crippen LogP contribution in [0.5, 0.6) is 0 Å². The molecule has 2 heteroatoms. The molecule has 0 spiro atoms.